The lowest BCUT2D eigenvalue weighted by molar-refractivity contribution is 0.483. The molecule has 0 saturated heterocycles. The minimum atomic E-state index is -0.231. The number of benzene rings is 3. The smallest absolute Gasteiger partial charge is 0.265 e. The average molecular weight is 397 g/mol. The lowest BCUT2D eigenvalue weighted by Gasteiger charge is -2.12. The van der Waals surface area contributed by atoms with Gasteiger partial charge in [-0.25, -0.2) is 0 Å². The number of hydrogen-bond acceptors (Lipinski definition) is 2. The molecular weight excluding hydrogens is 383 g/mol. The van der Waals surface area contributed by atoms with Crippen molar-refractivity contribution in [2.45, 2.75) is 0 Å². The fourth-order valence-electron chi connectivity index (χ4n) is 2.80. The number of aromatic nitrogens is 2. The number of rotatable bonds is 4. The molecule has 1 heterocycles. The Labute approximate surface area is 165 Å². The fraction of sp³-hybridized carbons (Fsp3) is 0. The van der Waals surface area contributed by atoms with Crippen LogP contribution < -0.4 is 10.3 Å². The number of ether oxygens (including phenoxy) is 1. The van der Waals surface area contributed by atoms with E-state index in [9.17, 15) is 4.79 Å². The molecule has 0 atom stereocenters. The van der Waals surface area contributed by atoms with Crippen LogP contribution in [0.25, 0.3) is 16.9 Å². The van der Waals surface area contributed by atoms with Crippen molar-refractivity contribution in [3.8, 4) is 28.4 Å². The van der Waals surface area contributed by atoms with Crippen LogP contribution in [0, 0.1) is 0 Å². The summed E-state index contributed by atoms with van der Waals surface area (Å²) in [5.74, 6) is 1.41. The number of aromatic amines is 1. The molecule has 0 radical (unpaired) electrons. The van der Waals surface area contributed by atoms with Gasteiger partial charge in [-0.2, -0.15) is 0 Å². The highest BCUT2D eigenvalue weighted by atomic mass is 35.5. The van der Waals surface area contributed by atoms with Gasteiger partial charge >= 0.3 is 0 Å². The van der Waals surface area contributed by atoms with Crippen LogP contribution in [-0.4, -0.2) is 9.78 Å². The molecule has 0 unspecified atom stereocenters. The first-order chi connectivity index (χ1) is 13.1. The standard InChI is InChI=1S/C21H14Cl2N2O2/c22-15-9-10-19(18(23)12-15)25-20(13-21(26)24-25)14-5-4-8-17(11-14)27-16-6-2-1-3-7-16/h1-13H,(H,24,26). The van der Waals surface area contributed by atoms with Crippen LogP contribution >= 0.6 is 23.2 Å². The monoisotopic (exact) mass is 396 g/mol. The van der Waals surface area contributed by atoms with E-state index in [1.165, 1.54) is 6.07 Å². The molecule has 1 aromatic heterocycles. The second-order valence-corrected chi connectivity index (χ2v) is 6.72. The van der Waals surface area contributed by atoms with Gasteiger partial charge in [-0.1, -0.05) is 53.5 Å². The maximum absolute atomic E-state index is 12.0. The lowest BCUT2D eigenvalue weighted by Crippen LogP contribution is -2.04. The van der Waals surface area contributed by atoms with Crippen molar-refractivity contribution >= 4 is 23.2 Å². The van der Waals surface area contributed by atoms with E-state index in [1.807, 2.05) is 54.6 Å². The van der Waals surface area contributed by atoms with E-state index in [1.54, 1.807) is 22.9 Å². The number of nitrogens with one attached hydrogen (secondary N) is 1. The summed E-state index contributed by atoms with van der Waals surface area (Å²) in [6, 6.07) is 23.7. The third-order valence-corrected chi connectivity index (χ3v) is 4.53. The zero-order valence-corrected chi connectivity index (χ0v) is 15.5. The van der Waals surface area contributed by atoms with E-state index in [0.717, 1.165) is 11.3 Å². The maximum Gasteiger partial charge on any atom is 0.265 e. The average Bonchev–Trinajstić information content (AvgIpc) is 3.04. The van der Waals surface area contributed by atoms with Crippen molar-refractivity contribution in [1.82, 2.24) is 9.78 Å². The van der Waals surface area contributed by atoms with Gasteiger partial charge in [0.1, 0.15) is 11.5 Å². The summed E-state index contributed by atoms with van der Waals surface area (Å²) in [4.78, 5) is 12.0. The van der Waals surface area contributed by atoms with Crippen molar-refractivity contribution in [3.63, 3.8) is 0 Å². The summed E-state index contributed by atoms with van der Waals surface area (Å²) in [5, 5.41) is 3.74. The van der Waals surface area contributed by atoms with Gasteiger partial charge < -0.3 is 4.74 Å². The lowest BCUT2D eigenvalue weighted by atomic mass is 10.1. The van der Waals surface area contributed by atoms with E-state index >= 15 is 0 Å². The van der Waals surface area contributed by atoms with Gasteiger partial charge in [0.2, 0.25) is 0 Å². The van der Waals surface area contributed by atoms with Gasteiger partial charge in [0.15, 0.2) is 0 Å². The first-order valence-electron chi connectivity index (χ1n) is 8.21. The van der Waals surface area contributed by atoms with Gasteiger partial charge in [0, 0.05) is 16.7 Å². The number of para-hydroxylation sites is 1. The molecule has 0 aliphatic carbocycles. The van der Waals surface area contributed by atoms with Gasteiger partial charge in [-0.05, 0) is 42.5 Å². The maximum atomic E-state index is 12.0. The highest BCUT2D eigenvalue weighted by Crippen LogP contribution is 2.30. The second-order valence-electron chi connectivity index (χ2n) is 5.88. The highest BCUT2D eigenvalue weighted by Gasteiger charge is 2.13. The molecular formula is C21H14Cl2N2O2. The number of hydrogen-bond donors (Lipinski definition) is 1. The topological polar surface area (TPSA) is 47.0 Å². The first kappa shape index (κ1) is 17.5. The molecule has 4 nitrogen and oxygen atoms in total. The molecule has 1 N–H and O–H groups in total. The van der Waals surface area contributed by atoms with Crippen LogP contribution in [-0.2, 0) is 0 Å². The molecule has 0 amide bonds. The molecule has 0 saturated carbocycles. The van der Waals surface area contributed by atoms with E-state index in [-0.39, 0.29) is 5.56 Å². The van der Waals surface area contributed by atoms with E-state index < -0.39 is 0 Å². The molecule has 0 aliphatic heterocycles. The Morgan fingerprint density at radius 2 is 1.59 bits per heavy atom. The normalized spacial score (nSPS) is 10.7. The molecule has 134 valence electrons. The summed E-state index contributed by atoms with van der Waals surface area (Å²) < 4.78 is 7.53. The zero-order chi connectivity index (χ0) is 18.8. The number of halogens is 2. The van der Waals surface area contributed by atoms with Crippen LogP contribution in [0.4, 0.5) is 0 Å². The Morgan fingerprint density at radius 3 is 2.37 bits per heavy atom. The Kier molecular flexibility index (Phi) is 4.75. The third-order valence-electron chi connectivity index (χ3n) is 3.99. The SMILES string of the molecule is O=c1cc(-c2cccc(Oc3ccccc3)c2)n(-c2ccc(Cl)cc2Cl)[nH]1. The summed E-state index contributed by atoms with van der Waals surface area (Å²) in [5.41, 5.74) is 1.88. The van der Waals surface area contributed by atoms with Crippen LogP contribution in [0.1, 0.15) is 0 Å². The van der Waals surface area contributed by atoms with Gasteiger partial charge in [-0.3, -0.25) is 14.6 Å². The minimum absolute atomic E-state index is 0.231. The Balaban J connectivity index is 1.76. The highest BCUT2D eigenvalue weighted by molar-refractivity contribution is 6.35. The predicted molar refractivity (Wildman–Crippen MR) is 108 cm³/mol. The molecule has 3 aromatic carbocycles. The second kappa shape index (κ2) is 7.35. The predicted octanol–water partition coefficient (Wildman–Crippen LogP) is 5.93. The summed E-state index contributed by atoms with van der Waals surface area (Å²) in [6.07, 6.45) is 0. The van der Waals surface area contributed by atoms with Crippen molar-refractivity contribution in [1.29, 1.82) is 0 Å². The Hall–Kier alpha value is -2.95. The molecule has 0 spiro atoms. The summed E-state index contributed by atoms with van der Waals surface area (Å²) >= 11 is 12.3. The van der Waals surface area contributed by atoms with E-state index in [2.05, 4.69) is 5.10 Å². The van der Waals surface area contributed by atoms with E-state index in [4.69, 9.17) is 27.9 Å². The molecule has 6 heteroatoms. The molecule has 0 fully saturated rings. The van der Waals surface area contributed by atoms with Crippen molar-refractivity contribution < 1.29 is 4.74 Å². The van der Waals surface area contributed by atoms with Crippen LogP contribution in [0.2, 0.25) is 10.0 Å². The quantitative estimate of drug-likeness (QED) is 0.464. The zero-order valence-electron chi connectivity index (χ0n) is 14.0. The van der Waals surface area contributed by atoms with Gasteiger partial charge in [-0.15, -0.1) is 0 Å². The van der Waals surface area contributed by atoms with Crippen LogP contribution in [0.15, 0.2) is 83.7 Å². The summed E-state index contributed by atoms with van der Waals surface area (Å²) in [7, 11) is 0. The first-order valence-corrected chi connectivity index (χ1v) is 8.96. The van der Waals surface area contributed by atoms with Gasteiger partial charge in [0.05, 0.1) is 16.4 Å². The minimum Gasteiger partial charge on any atom is -0.457 e. The number of H-pyrrole nitrogens is 1. The van der Waals surface area contributed by atoms with Crippen LogP contribution in [0.3, 0.4) is 0 Å². The summed E-state index contributed by atoms with van der Waals surface area (Å²) in [6.45, 7) is 0. The van der Waals surface area contributed by atoms with Gasteiger partial charge in [0.25, 0.3) is 5.56 Å². The van der Waals surface area contributed by atoms with Crippen molar-refractivity contribution in [3.05, 3.63) is 99.3 Å². The largest absolute Gasteiger partial charge is 0.457 e. The third kappa shape index (κ3) is 3.77. The fourth-order valence-corrected chi connectivity index (χ4v) is 3.29. The molecule has 0 aliphatic rings. The van der Waals surface area contributed by atoms with E-state index in [0.29, 0.717) is 27.2 Å². The van der Waals surface area contributed by atoms with Crippen LogP contribution in [0.5, 0.6) is 11.5 Å². The van der Waals surface area contributed by atoms with Crippen molar-refractivity contribution in [2.24, 2.45) is 0 Å². The van der Waals surface area contributed by atoms with Crippen molar-refractivity contribution in [2.75, 3.05) is 0 Å². The Bertz CT molecular complexity index is 1150. The molecule has 4 aromatic rings. The Morgan fingerprint density at radius 1 is 0.815 bits per heavy atom. The molecule has 4 rings (SSSR count). The molecule has 27 heavy (non-hydrogen) atoms. The number of nitrogens with zero attached hydrogens (tertiary/aromatic N) is 1. The molecule has 0 bridgehead atoms.